The maximum Gasteiger partial charge on any atom is 0.244 e. The van der Waals surface area contributed by atoms with E-state index in [4.69, 9.17) is 0 Å². The Morgan fingerprint density at radius 3 is 2.44 bits per heavy atom. The second kappa shape index (κ2) is 7.92. The highest BCUT2D eigenvalue weighted by molar-refractivity contribution is 7.10. The second-order valence-corrected chi connectivity index (χ2v) is 6.92. The van der Waals surface area contributed by atoms with Crippen LogP contribution in [-0.4, -0.2) is 26.1 Å². The lowest BCUT2D eigenvalue weighted by Gasteiger charge is -2.17. The molecule has 2 aromatic carbocycles. The van der Waals surface area contributed by atoms with Crippen LogP contribution in [0.15, 0.2) is 78.2 Å². The van der Waals surface area contributed by atoms with Gasteiger partial charge in [-0.2, -0.15) is 4.80 Å². The molecule has 1 N–H and O–H groups in total. The van der Waals surface area contributed by atoms with Crippen molar-refractivity contribution in [2.24, 2.45) is 0 Å². The van der Waals surface area contributed by atoms with Crippen molar-refractivity contribution in [2.75, 3.05) is 0 Å². The van der Waals surface area contributed by atoms with Gasteiger partial charge in [-0.3, -0.25) is 4.79 Å². The lowest BCUT2D eigenvalue weighted by Crippen LogP contribution is -2.32. The van der Waals surface area contributed by atoms with Crippen molar-refractivity contribution in [3.63, 3.8) is 0 Å². The predicted molar refractivity (Wildman–Crippen MR) is 104 cm³/mol. The fourth-order valence-corrected chi connectivity index (χ4v) is 3.57. The fourth-order valence-electron chi connectivity index (χ4n) is 2.77. The first-order valence-electron chi connectivity index (χ1n) is 8.50. The Kier molecular flexibility index (Phi) is 5.02. The molecular weight excluding hydrogens is 358 g/mol. The summed E-state index contributed by atoms with van der Waals surface area (Å²) in [4.78, 5) is 15.0. The van der Waals surface area contributed by atoms with Gasteiger partial charge in [0.2, 0.25) is 11.7 Å². The van der Waals surface area contributed by atoms with Gasteiger partial charge in [-0.05, 0) is 22.2 Å². The standard InChI is InChI=1S/C20H17N5OS/c26-18(14-25-23-20(22-24-25)16-10-5-2-6-11-16)21-19(17-12-7-13-27-17)15-8-3-1-4-9-15/h1-13,19H,14H2,(H,21,26)/t19-/m0/s1. The molecule has 0 radical (unpaired) electrons. The van der Waals surface area contributed by atoms with Crippen molar-refractivity contribution in [1.29, 1.82) is 0 Å². The summed E-state index contributed by atoms with van der Waals surface area (Å²) in [6.07, 6.45) is 0. The van der Waals surface area contributed by atoms with Crippen LogP contribution in [0.1, 0.15) is 16.5 Å². The van der Waals surface area contributed by atoms with E-state index in [1.807, 2.05) is 78.2 Å². The summed E-state index contributed by atoms with van der Waals surface area (Å²) < 4.78 is 0. The fraction of sp³-hybridized carbons (Fsp3) is 0.100. The zero-order valence-electron chi connectivity index (χ0n) is 14.4. The Bertz CT molecular complexity index is 999. The molecule has 0 aliphatic rings. The maximum absolute atomic E-state index is 12.6. The number of benzene rings is 2. The summed E-state index contributed by atoms with van der Waals surface area (Å²) in [6, 6.07) is 23.3. The van der Waals surface area contributed by atoms with Gasteiger partial charge in [-0.1, -0.05) is 66.7 Å². The van der Waals surface area contributed by atoms with Crippen LogP contribution in [0.2, 0.25) is 0 Å². The van der Waals surface area contributed by atoms with Gasteiger partial charge in [0.1, 0.15) is 6.54 Å². The number of nitrogens with zero attached hydrogens (tertiary/aromatic N) is 4. The Morgan fingerprint density at radius 2 is 1.74 bits per heavy atom. The van der Waals surface area contributed by atoms with Crippen LogP contribution in [0, 0.1) is 0 Å². The lowest BCUT2D eigenvalue weighted by molar-refractivity contribution is -0.122. The highest BCUT2D eigenvalue weighted by Gasteiger charge is 2.18. The minimum atomic E-state index is -0.198. The minimum Gasteiger partial charge on any atom is -0.343 e. The molecule has 0 bridgehead atoms. The van der Waals surface area contributed by atoms with E-state index in [0.29, 0.717) is 5.82 Å². The lowest BCUT2D eigenvalue weighted by atomic mass is 10.1. The van der Waals surface area contributed by atoms with Gasteiger partial charge >= 0.3 is 0 Å². The van der Waals surface area contributed by atoms with Crippen molar-refractivity contribution >= 4 is 17.2 Å². The number of carbonyl (C=O) groups is 1. The SMILES string of the molecule is O=C(Cn1nnc(-c2ccccc2)n1)N[C@@H](c1ccccc1)c1cccs1. The number of thiophene rings is 1. The molecule has 2 aromatic heterocycles. The number of hydrogen-bond donors (Lipinski definition) is 1. The Hall–Kier alpha value is -3.32. The normalized spacial score (nSPS) is 11.9. The average molecular weight is 375 g/mol. The smallest absolute Gasteiger partial charge is 0.244 e. The highest BCUT2D eigenvalue weighted by atomic mass is 32.1. The number of tetrazole rings is 1. The third-order valence-electron chi connectivity index (χ3n) is 4.04. The molecule has 1 amide bonds. The zero-order valence-corrected chi connectivity index (χ0v) is 15.2. The van der Waals surface area contributed by atoms with Crippen LogP contribution in [0.4, 0.5) is 0 Å². The molecule has 0 saturated carbocycles. The van der Waals surface area contributed by atoms with E-state index in [2.05, 4.69) is 20.7 Å². The molecule has 4 rings (SSSR count). The largest absolute Gasteiger partial charge is 0.343 e. The van der Waals surface area contributed by atoms with Crippen LogP contribution >= 0.6 is 11.3 Å². The van der Waals surface area contributed by atoms with Crippen molar-refractivity contribution < 1.29 is 4.79 Å². The van der Waals surface area contributed by atoms with E-state index in [1.165, 1.54) is 4.80 Å². The number of carbonyl (C=O) groups excluding carboxylic acids is 1. The van der Waals surface area contributed by atoms with E-state index in [0.717, 1.165) is 16.0 Å². The summed E-state index contributed by atoms with van der Waals surface area (Å²) in [7, 11) is 0. The van der Waals surface area contributed by atoms with E-state index in [-0.39, 0.29) is 18.5 Å². The molecule has 0 unspecified atom stereocenters. The summed E-state index contributed by atoms with van der Waals surface area (Å²) >= 11 is 1.61. The first kappa shape index (κ1) is 17.1. The average Bonchev–Trinajstić information content (AvgIpc) is 3.40. The molecular formula is C20H17N5OS. The zero-order chi connectivity index (χ0) is 18.5. The molecule has 0 fully saturated rings. The molecule has 4 aromatic rings. The van der Waals surface area contributed by atoms with Gasteiger partial charge in [0.15, 0.2) is 0 Å². The first-order chi connectivity index (χ1) is 13.3. The van der Waals surface area contributed by atoms with Crippen molar-refractivity contribution in [2.45, 2.75) is 12.6 Å². The third kappa shape index (κ3) is 4.09. The second-order valence-electron chi connectivity index (χ2n) is 5.94. The third-order valence-corrected chi connectivity index (χ3v) is 4.97. The number of rotatable bonds is 6. The summed E-state index contributed by atoms with van der Waals surface area (Å²) in [6.45, 7) is 0.00847. The van der Waals surface area contributed by atoms with Crippen molar-refractivity contribution in [1.82, 2.24) is 25.5 Å². The Labute approximate surface area is 160 Å². The number of aromatic nitrogens is 4. The minimum absolute atomic E-state index is 0.00847. The predicted octanol–water partition coefficient (Wildman–Crippen LogP) is 3.31. The molecule has 1 atom stereocenters. The Balaban J connectivity index is 1.49. The number of hydrogen-bond acceptors (Lipinski definition) is 5. The first-order valence-corrected chi connectivity index (χ1v) is 9.38. The molecule has 6 nitrogen and oxygen atoms in total. The number of amides is 1. The molecule has 27 heavy (non-hydrogen) atoms. The highest BCUT2D eigenvalue weighted by Crippen LogP contribution is 2.25. The van der Waals surface area contributed by atoms with Gasteiger partial charge in [0.05, 0.1) is 6.04 Å². The van der Waals surface area contributed by atoms with E-state index in [1.54, 1.807) is 11.3 Å². The summed E-state index contributed by atoms with van der Waals surface area (Å²) in [5, 5.41) is 17.4. The van der Waals surface area contributed by atoms with Crippen LogP contribution in [0.25, 0.3) is 11.4 Å². The quantitative estimate of drug-likeness (QED) is 0.561. The van der Waals surface area contributed by atoms with Crippen molar-refractivity contribution in [3.8, 4) is 11.4 Å². The van der Waals surface area contributed by atoms with E-state index in [9.17, 15) is 4.79 Å². The van der Waals surface area contributed by atoms with Crippen molar-refractivity contribution in [3.05, 3.63) is 88.6 Å². The molecule has 0 aliphatic heterocycles. The van der Waals surface area contributed by atoms with Gasteiger partial charge < -0.3 is 5.32 Å². The van der Waals surface area contributed by atoms with Crippen LogP contribution < -0.4 is 5.32 Å². The maximum atomic E-state index is 12.6. The van der Waals surface area contributed by atoms with Gasteiger partial charge in [0, 0.05) is 10.4 Å². The van der Waals surface area contributed by atoms with Gasteiger partial charge in [0.25, 0.3) is 0 Å². The van der Waals surface area contributed by atoms with Crippen LogP contribution in [0.3, 0.4) is 0 Å². The van der Waals surface area contributed by atoms with Crippen LogP contribution in [-0.2, 0) is 11.3 Å². The topological polar surface area (TPSA) is 72.7 Å². The van der Waals surface area contributed by atoms with Gasteiger partial charge in [-0.25, -0.2) is 0 Å². The number of nitrogens with one attached hydrogen (secondary N) is 1. The molecule has 2 heterocycles. The molecule has 7 heteroatoms. The monoisotopic (exact) mass is 375 g/mol. The van der Waals surface area contributed by atoms with E-state index >= 15 is 0 Å². The Morgan fingerprint density at radius 1 is 1.00 bits per heavy atom. The molecule has 0 saturated heterocycles. The molecule has 0 spiro atoms. The van der Waals surface area contributed by atoms with E-state index < -0.39 is 0 Å². The molecule has 0 aliphatic carbocycles. The molecule has 134 valence electrons. The van der Waals surface area contributed by atoms with Crippen LogP contribution in [0.5, 0.6) is 0 Å². The summed E-state index contributed by atoms with van der Waals surface area (Å²) in [5.41, 5.74) is 1.90. The van der Waals surface area contributed by atoms with Gasteiger partial charge in [-0.15, -0.1) is 21.5 Å². The summed E-state index contributed by atoms with van der Waals surface area (Å²) in [5.74, 6) is 0.329.